The molecule has 4 rings (SSSR count). The lowest BCUT2D eigenvalue weighted by Crippen LogP contribution is -2.39. The van der Waals surface area contributed by atoms with E-state index in [2.05, 4.69) is 58.6 Å². The van der Waals surface area contributed by atoms with Gasteiger partial charge >= 0.3 is 0 Å². The fraction of sp³-hybridized carbons (Fsp3) is 0.483. The van der Waals surface area contributed by atoms with Crippen molar-refractivity contribution in [2.45, 2.75) is 82.3 Å². The maximum absolute atomic E-state index is 14.1. The SMILES string of the molecule is CC(C)c1cc(C(C)C)c(S(=O)(=O)C2CCN(c3nc(-c4cc(F)cc(Cl)c4)cs3)CC2)c(C(C)C)c1. The highest BCUT2D eigenvalue weighted by molar-refractivity contribution is 7.92. The highest BCUT2D eigenvalue weighted by Crippen LogP contribution is 2.39. The number of anilines is 1. The largest absolute Gasteiger partial charge is 0.348 e. The number of hydrogen-bond donors (Lipinski definition) is 0. The van der Waals surface area contributed by atoms with Crippen LogP contribution in [0.3, 0.4) is 0 Å². The molecule has 3 aromatic rings. The second-order valence-corrected chi connectivity index (χ2v) is 14.3. The summed E-state index contributed by atoms with van der Waals surface area (Å²) in [4.78, 5) is 7.39. The fourth-order valence-electron chi connectivity index (χ4n) is 4.99. The van der Waals surface area contributed by atoms with Gasteiger partial charge in [0.15, 0.2) is 15.0 Å². The number of piperidine rings is 1. The molecular formula is C29H36ClFN2O2S2. The maximum atomic E-state index is 14.1. The van der Waals surface area contributed by atoms with E-state index in [1.54, 1.807) is 6.07 Å². The Kier molecular flexibility index (Phi) is 8.37. The number of benzene rings is 2. The molecule has 0 aliphatic carbocycles. The van der Waals surface area contributed by atoms with Gasteiger partial charge in [-0.1, -0.05) is 65.3 Å². The van der Waals surface area contributed by atoms with Crippen LogP contribution in [0.2, 0.25) is 5.02 Å². The van der Waals surface area contributed by atoms with Gasteiger partial charge in [-0.05, 0) is 65.5 Å². The van der Waals surface area contributed by atoms with Crippen molar-refractivity contribution in [1.82, 2.24) is 4.98 Å². The van der Waals surface area contributed by atoms with Crippen LogP contribution in [0.15, 0.2) is 40.6 Å². The number of hydrogen-bond acceptors (Lipinski definition) is 5. The van der Waals surface area contributed by atoms with Gasteiger partial charge < -0.3 is 4.90 Å². The molecule has 200 valence electrons. The first-order valence-electron chi connectivity index (χ1n) is 13.0. The van der Waals surface area contributed by atoms with E-state index in [0.717, 1.165) is 16.3 Å². The van der Waals surface area contributed by atoms with Crippen molar-refractivity contribution in [3.8, 4) is 11.3 Å². The lowest BCUT2D eigenvalue weighted by Gasteiger charge is -2.33. The zero-order chi connectivity index (χ0) is 27.1. The summed E-state index contributed by atoms with van der Waals surface area (Å²) >= 11 is 7.50. The van der Waals surface area contributed by atoms with E-state index in [1.807, 2.05) is 5.38 Å². The third kappa shape index (κ3) is 5.89. The smallest absolute Gasteiger partial charge is 0.185 e. The molecule has 8 heteroatoms. The van der Waals surface area contributed by atoms with Crippen LogP contribution in [0.1, 0.15) is 88.8 Å². The van der Waals surface area contributed by atoms with E-state index in [0.29, 0.717) is 53.0 Å². The molecule has 0 spiro atoms. The minimum Gasteiger partial charge on any atom is -0.348 e. The zero-order valence-electron chi connectivity index (χ0n) is 22.4. The molecule has 2 aromatic carbocycles. The van der Waals surface area contributed by atoms with Gasteiger partial charge in [-0.3, -0.25) is 0 Å². The van der Waals surface area contributed by atoms with Crippen molar-refractivity contribution < 1.29 is 12.8 Å². The van der Waals surface area contributed by atoms with Gasteiger partial charge in [0.1, 0.15) is 5.82 Å². The van der Waals surface area contributed by atoms with Crippen molar-refractivity contribution in [1.29, 1.82) is 0 Å². The molecule has 0 saturated carbocycles. The second-order valence-electron chi connectivity index (χ2n) is 10.9. The Hall–Kier alpha value is -1.96. The van der Waals surface area contributed by atoms with Crippen LogP contribution in [0, 0.1) is 5.82 Å². The quantitative estimate of drug-likeness (QED) is 0.290. The highest BCUT2D eigenvalue weighted by Gasteiger charge is 2.36. The molecule has 0 N–H and O–H groups in total. The summed E-state index contributed by atoms with van der Waals surface area (Å²) in [5.74, 6) is 0.171. The summed E-state index contributed by atoms with van der Waals surface area (Å²) in [6.45, 7) is 13.8. The van der Waals surface area contributed by atoms with Crippen molar-refractivity contribution in [3.63, 3.8) is 0 Å². The van der Waals surface area contributed by atoms with Crippen molar-refractivity contribution in [2.24, 2.45) is 0 Å². The molecule has 1 aliphatic rings. The molecule has 0 radical (unpaired) electrons. The van der Waals surface area contributed by atoms with E-state index in [4.69, 9.17) is 16.6 Å². The van der Waals surface area contributed by atoms with Gasteiger partial charge in [-0.15, -0.1) is 11.3 Å². The molecule has 1 saturated heterocycles. The van der Waals surface area contributed by atoms with E-state index >= 15 is 0 Å². The number of rotatable bonds is 7. The van der Waals surface area contributed by atoms with E-state index in [1.165, 1.54) is 29.0 Å². The molecule has 0 amide bonds. The number of halogens is 2. The molecule has 1 aliphatic heterocycles. The van der Waals surface area contributed by atoms with E-state index in [-0.39, 0.29) is 11.8 Å². The number of nitrogens with zero attached hydrogens (tertiary/aromatic N) is 2. The molecule has 1 aromatic heterocycles. The lowest BCUT2D eigenvalue weighted by molar-refractivity contribution is 0.526. The average Bonchev–Trinajstić information content (AvgIpc) is 3.33. The fourth-order valence-corrected chi connectivity index (χ4v) is 8.51. The van der Waals surface area contributed by atoms with Gasteiger partial charge in [0.05, 0.1) is 15.8 Å². The van der Waals surface area contributed by atoms with Crippen molar-refractivity contribution in [3.05, 3.63) is 63.2 Å². The van der Waals surface area contributed by atoms with E-state index < -0.39 is 20.9 Å². The minimum absolute atomic E-state index is 0.117. The second kappa shape index (κ2) is 11.0. The molecule has 0 atom stereocenters. The Morgan fingerprint density at radius 2 is 1.54 bits per heavy atom. The monoisotopic (exact) mass is 562 g/mol. The lowest BCUT2D eigenvalue weighted by atomic mass is 9.89. The normalized spacial score (nSPS) is 15.4. The topological polar surface area (TPSA) is 50.3 Å². The van der Waals surface area contributed by atoms with Crippen LogP contribution in [0.4, 0.5) is 9.52 Å². The molecule has 0 unspecified atom stereocenters. The minimum atomic E-state index is -3.51. The molecule has 2 heterocycles. The van der Waals surface area contributed by atoms with Crippen molar-refractivity contribution in [2.75, 3.05) is 18.0 Å². The molecule has 37 heavy (non-hydrogen) atoms. The highest BCUT2D eigenvalue weighted by atomic mass is 35.5. The van der Waals surface area contributed by atoms with E-state index in [9.17, 15) is 12.8 Å². The summed E-state index contributed by atoms with van der Waals surface area (Å²) < 4.78 is 42.1. The third-order valence-corrected chi connectivity index (χ3v) is 10.7. The summed E-state index contributed by atoms with van der Waals surface area (Å²) in [7, 11) is -3.51. The predicted octanol–water partition coefficient (Wildman–Crippen LogP) is 8.42. The maximum Gasteiger partial charge on any atom is 0.185 e. The summed E-state index contributed by atoms with van der Waals surface area (Å²) in [6, 6.07) is 8.62. The van der Waals surface area contributed by atoms with Gasteiger partial charge in [0, 0.05) is 29.1 Å². The standard InChI is InChI=1S/C29H36ClFN2O2S2/c1-17(2)20-13-25(18(3)4)28(26(14-20)19(5)6)37(34,35)24-7-9-33(10-8-24)29-32-27(16-36-29)21-11-22(30)15-23(31)12-21/h11-19,24H,7-10H2,1-6H3. The van der Waals surface area contributed by atoms with Gasteiger partial charge in [-0.2, -0.15) is 0 Å². The Labute approximate surface area is 229 Å². The van der Waals surface area contributed by atoms with Gasteiger partial charge in [-0.25, -0.2) is 17.8 Å². The predicted molar refractivity (Wildman–Crippen MR) is 154 cm³/mol. The molecular weight excluding hydrogens is 527 g/mol. The first kappa shape index (κ1) is 28.1. The number of thiazole rings is 1. The summed E-state index contributed by atoms with van der Waals surface area (Å²) in [5.41, 5.74) is 4.38. The summed E-state index contributed by atoms with van der Waals surface area (Å²) in [5, 5.41) is 2.62. The first-order valence-corrected chi connectivity index (χ1v) is 15.8. The van der Waals surface area contributed by atoms with Crippen LogP contribution in [-0.2, 0) is 9.84 Å². The number of sulfone groups is 1. The first-order chi connectivity index (χ1) is 17.4. The Morgan fingerprint density at radius 3 is 2.05 bits per heavy atom. The molecule has 4 nitrogen and oxygen atoms in total. The van der Waals surface area contributed by atoms with Gasteiger partial charge in [0.25, 0.3) is 0 Å². The van der Waals surface area contributed by atoms with Crippen LogP contribution >= 0.6 is 22.9 Å². The summed E-state index contributed by atoms with van der Waals surface area (Å²) in [6.07, 6.45) is 1.09. The number of aromatic nitrogens is 1. The van der Waals surface area contributed by atoms with Crippen LogP contribution in [0.25, 0.3) is 11.3 Å². The average molecular weight is 563 g/mol. The van der Waals surface area contributed by atoms with Gasteiger partial charge in [0.2, 0.25) is 0 Å². The van der Waals surface area contributed by atoms with Crippen molar-refractivity contribution >= 4 is 37.9 Å². The Balaban J connectivity index is 1.58. The van der Waals surface area contributed by atoms with Crippen LogP contribution in [-0.4, -0.2) is 31.7 Å². The van der Waals surface area contributed by atoms with Crippen LogP contribution in [0.5, 0.6) is 0 Å². The molecule has 1 fully saturated rings. The Bertz CT molecular complexity index is 1330. The van der Waals surface area contributed by atoms with Crippen LogP contribution < -0.4 is 4.90 Å². The zero-order valence-corrected chi connectivity index (χ0v) is 24.8. The Morgan fingerprint density at radius 1 is 0.946 bits per heavy atom. The third-order valence-electron chi connectivity index (χ3n) is 7.17. The molecule has 0 bridgehead atoms.